The summed E-state index contributed by atoms with van der Waals surface area (Å²) in [4.78, 5) is 0. The molecule has 46 heavy (non-hydrogen) atoms. The molecule has 0 saturated carbocycles. The summed E-state index contributed by atoms with van der Waals surface area (Å²) >= 11 is 0. The lowest BCUT2D eigenvalue weighted by Crippen LogP contribution is -2.36. The first-order valence-corrected chi connectivity index (χ1v) is 16.8. The Balaban J connectivity index is 1.36. The van der Waals surface area contributed by atoms with Gasteiger partial charge in [0.05, 0.1) is 16.9 Å². The lowest BCUT2D eigenvalue weighted by molar-refractivity contribution is 0.596. The van der Waals surface area contributed by atoms with Crippen LogP contribution in [0.4, 0.5) is 11.4 Å². The van der Waals surface area contributed by atoms with Crippen molar-refractivity contribution in [1.29, 1.82) is 0 Å². The van der Waals surface area contributed by atoms with Crippen molar-refractivity contribution in [3.8, 4) is 16.8 Å². The number of hydrogen-bond donors (Lipinski definition) is 1. The molecule has 0 unspecified atom stereocenters. The van der Waals surface area contributed by atoms with Crippen LogP contribution in [-0.4, -0.2) is 11.8 Å². The fourth-order valence-electron chi connectivity index (χ4n) is 7.38. The Morgan fingerprint density at radius 1 is 0.804 bits per heavy atom. The molecular weight excluding hydrogens is 559 g/mol. The van der Waals surface area contributed by atoms with E-state index in [9.17, 15) is 0 Å². The molecule has 3 nitrogen and oxygen atoms in total. The van der Waals surface area contributed by atoms with Crippen molar-refractivity contribution in [1.82, 2.24) is 4.57 Å². The number of rotatable bonds is 7. The van der Waals surface area contributed by atoms with E-state index in [1.807, 2.05) is 0 Å². The van der Waals surface area contributed by atoms with Crippen molar-refractivity contribution < 1.29 is 4.42 Å². The zero-order chi connectivity index (χ0) is 31.6. The van der Waals surface area contributed by atoms with Crippen molar-refractivity contribution in [3.63, 3.8) is 0 Å². The number of aromatic nitrogens is 1. The second-order valence-corrected chi connectivity index (χ2v) is 14.0. The minimum Gasteiger partial charge on any atom is -0.469 e. The van der Waals surface area contributed by atoms with E-state index in [4.69, 9.17) is 4.42 Å². The van der Waals surface area contributed by atoms with Crippen LogP contribution < -0.4 is 16.4 Å². The Morgan fingerprint density at radius 2 is 1.59 bits per heavy atom. The molecule has 1 aliphatic rings. The van der Waals surface area contributed by atoms with Crippen LogP contribution in [0.5, 0.6) is 0 Å². The maximum absolute atomic E-state index is 6.62. The lowest BCUT2D eigenvalue weighted by Gasteiger charge is -2.27. The first-order valence-electron chi connectivity index (χ1n) is 16.8. The zero-order valence-electron chi connectivity index (χ0n) is 27.5. The normalized spacial score (nSPS) is 12.5. The van der Waals surface area contributed by atoms with Crippen LogP contribution in [0.2, 0.25) is 0 Å². The van der Waals surface area contributed by atoms with Crippen molar-refractivity contribution in [2.75, 3.05) is 5.32 Å². The van der Waals surface area contributed by atoms with Crippen molar-refractivity contribution in [2.45, 2.75) is 65.7 Å². The number of benzene rings is 5. The third-order valence-electron chi connectivity index (χ3n) is 9.65. The number of nitrogens with one attached hydrogen (secondary N) is 1. The largest absolute Gasteiger partial charge is 0.469 e. The molecule has 7 aromatic rings. The van der Waals surface area contributed by atoms with E-state index in [1.54, 1.807) is 0 Å². The summed E-state index contributed by atoms with van der Waals surface area (Å²) in [6.45, 7) is 11.4. The molecular formula is C42H40BN2O. The number of aryl methyl sites for hydroxylation is 2. The molecule has 0 amide bonds. The van der Waals surface area contributed by atoms with Gasteiger partial charge in [0.15, 0.2) is 0 Å². The number of anilines is 2. The summed E-state index contributed by atoms with van der Waals surface area (Å²) in [5, 5.41) is 7.55. The molecule has 3 heterocycles. The molecule has 4 heteroatoms. The number of unbranched alkanes of at least 4 members (excludes halogenated alkanes) is 2. The van der Waals surface area contributed by atoms with Crippen LogP contribution in [0.25, 0.3) is 49.6 Å². The Morgan fingerprint density at radius 3 is 2.39 bits per heavy atom. The molecule has 1 N–H and O–H groups in total. The summed E-state index contributed by atoms with van der Waals surface area (Å²) in [5.74, 6) is 0. The summed E-state index contributed by atoms with van der Waals surface area (Å²) in [6, 6.07) is 35.5. The van der Waals surface area contributed by atoms with Gasteiger partial charge >= 0.3 is 0 Å². The predicted octanol–water partition coefficient (Wildman–Crippen LogP) is 10.2. The van der Waals surface area contributed by atoms with Gasteiger partial charge in [-0.3, -0.25) is 0 Å². The van der Waals surface area contributed by atoms with Crippen molar-refractivity contribution in [2.24, 2.45) is 0 Å². The fraction of sp³-hybridized carbons (Fsp3) is 0.238. The van der Waals surface area contributed by atoms with Crippen LogP contribution in [0.3, 0.4) is 0 Å². The van der Waals surface area contributed by atoms with E-state index in [2.05, 4.69) is 149 Å². The van der Waals surface area contributed by atoms with Gasteiger partial charge in [-0.2, -0.15) is 0 Å². The van der Waals surface area contributed by atoms with E-state index in [-0.39, 0.29) is 5.41 Å². The van der Waals surface area contributed by atoms with E-state index in [0.717, 1.165) is 40.1 Å². The SMILES string of the molecule is CCCCCc1ccc(Nc2ccccc2-c2cc(C(C)(C)C)c3c4ccccc4n4c3c2[B]c2oc3ccc(C)cc3c2-4)cc1. The molecule has 1 radical (unpaired) electrons. The summed E-state index contributed by atoms with van der Waals surface area (Å²) in [6.07, 6.45) is 4.91. The molecule has 0 spiro atoms. The Kier molecular flexibility index (Phi) is 6.86. The summed E-state index contributed by atoms with van der Waals surface area (Å²) < 4.78 is 9.10. The van der Waals surface area contributed by atoms with Crippen LogP contribution in [0, 0.1) is 6.92 Å². The highest BCUT2D eigenvalue weighted by Crippen LogP contribution is 2.44. The van der Waals surface area contributed by atoms with Gasteiger partial charge in [-0.25, -0.2) is 0 Å². The van der Waals surface area contributed by atoms with Crippen LogP contribution >= 0.6 is 0 Å². The van der Waals surface area contributed by atoms with E-state index in [1.165, 1.54) is 74.3 Å². The second-order valence-electron chi connectivity index (χ2n) is 14.0. The first kappa shape index (κ1) is 28.8. The minimum atomic E-state index is -0.0758. The summed E-state index contributed by atoms with van der Waals surface area (Å²) in [5.41, 5.74) is 15.1. The third-order valence-corrected chi connectivity index (χ3v) is 9.65. The smallest absolute Gasteiger partial charge is 0.247 e. The monoisotopic (exact) mass is 599 g/mol. The number of nitrogens with zero attached hydrogens (tertiary/aromatic N) is 1. The zero-order valence-corrected chi connectivity index (χ0v) is 27.5. The highest BCUT2D eigenvalue weighted by atomic mass is 16.3. The molecule has 0 saturated heterocycles. The van der Waals surface area contributed by atoms with Gasteiger partial charge in [0.2, 0.25) is 7.28 Å². The standard InChI is InChI=1S/C42H40BN2O/c1-6-7-8-13-27-19-21-28(22-20-27)44-34-16-11-9-14-29(34)31-25-33(42(3,4)5)37-30-15-10-12-17-35(30)45-39-32-24-26(2)18-23-36(32)46-41(39)43-38(31)40(37)45/h9-12,14-25,44H,6-8,13H2,1-5H3. The quantitative estimate of drug-likeness (QED) is 0.146. The number of furan rings is 1. The number of hydrogen-bond acceptors (Lipinski definition) is 2. The highest BCUT2D eigenvalue weighted by Gasteiger charge is 2.33. The molecule has 5 aromatic carbocycles. The number of fused-ring (bicyclic) bond motifs is 7. The van der Waals surface area contributed by atoms with E-state index < -0.39 is 0 Å². The fourth-order valence-corrected chi connectivity index (χ4v) is 7.38. The molecule has 227 valence electrons. The molecule has 0 bridgehead atoms. The Bertz CT molecular complexity index is 2260. The van der Waals surface area contributed by atoms with Gasteiger partial charge in [-0.05, 0) is 83.7 Å². The van der Waals surface area contributed by atoms with Gasteiger partial charge in [0.25, 0.3) is 0 Å². The number of para-hydroxylation sites is 2. The Labute approximate surface area is 272 Å². The first-order chi connectivity index (χ1) is 22.3. The van der Waals surface area contributed by atoms with Crippen LogP contribution in [-0.2, 0) is 11.8 Å². The maximum Gasteiger partial charge on any atom is 0.247 e. The van der Waals surface area contributed by atoms with Crippen molar-refractivity contribution >= 4 is 62.6 Å². The van der Waals surface area contributed by atoms with Gasteiger partial charge in [-0.1, -0.05) is 107 Å². The maximum atomic E-state index is 6.62. The van der Waals surface area contributed by atoms with E-state index >= 15 is 0 Å². The van der Waals surface area contributed by atoms with Gasteiger partial charge in [0, 0.05) is 38.6 Å². The van der Waals surface area contributed by atoms with Gasteiger partial charge < -0.3 is 14.3 Å². The topological polar surface area (TPSA) is 30.1 Å². The van der Waals surface area contributed by atoms with Gasteiger partial charge in [0.1, 0.15) is 5.58 Å². The predicted molar refractivity (Wildman–Crippen MR) is 197 cm³/mol. The molecule has 0 atom stereocenters. The third kappa shape index (κ3) is 4.66. The van der Waals surface area contributed by atoms with Crippen molar-refractivity contribution in [3.05, 3.63) is 114 Å². The Hall–Kier alpha value is -4.70. The van der Waals surface area contributed by atoms with Crippen LogP contribution in [0.15, 0.2) is 101 Å². The molecule has 1 aliphatic heterocycles. The van der Waals surface area contributed by atoms with Crippen LogP contribution in [0.1, 0.15) is 63.6 Å². The van der Waals surface area contributed by atoms with Gasteiger partial charge in [-0.15, -0.1) is 0 Å². The molecule has 8 rings (SSSR count). The lowest BCUT2D eigenvalue weighted by atomic mass is 9.61. The molecule has 0 aliphatic carbocycles. The highest BCUT2D eigenvalue weighted by molar-refractivity contribution is 6.73. The minimum absolute atomic E-state index is 0.0758. The average Bonchev–Trinajstić information content (AvgIpc) is 3.58. The molecule has 2 aromatic heterocycles. The second kappa shape index (κ2) is 11.0. The molecule has 0 fully saturated rings. The average molecular weight is 600 g/mol. The van der Waals surface area contributed by atoms with E-state index in [0.29, 0.717) is 0 Å². The summed E-state index contributed by atoms with van der Waals surface area (Å²) in [7, 11) is 2.29.